The number of rotatable bonds is 3. The normalized spacial score (nSPS) is 12.6. The molecule has 4 aromatic rings. The fourth-order valence-corrected chi connectivity index (χ4v) is 2.88. The molecule has 0 bridgehead atoms. The number of hydrogen-bond donors (Lipinski definition) is 0. The standard InChI is InChI=1S/C17H16N6O3/c1-10(14-19-20-15(26-14)11-7-5-4-6-8-11)23-9-18-13-12(23)16(24)22(3)17(25)21(13)2/h4-10H,1-3H3/t10-/m0/s1. The molecule has 132 valence electrons. The Morgan fingerprint density at radius 3 is 2.50 bits per heavy atom. The monoisotopic (exact) mass is 352 g/mol. The molecular formula is C17H16N6O3. The number of benzene rings is 1. The van der Waals surface area contributed by atoms with Crippen molar-refractivity contribution in [3.05, 3.63) is 63.4 Å². The Bertz CT molecular complexity index is 1220. The Kier molecular flexibility index (Phi) is 3.57. The van der Waals surface area contributed by atoms with Crippen LogP contribution in [0, 0.1) is 0 Å². The highest BCUT2D eigenvalue weighted by Crippen LogP contribution is 2.24. The van der Waals surface area contributed by atoms with Gasteiger partial charge in [-0.3, -0.25) is 13.9 Å². The molecule has 1 aromatic carbocycles. The molecule has 0 N–H and O–H groups in total. The summed E-state index contributed by atoms with van der Waals surface area (Å²) in [5.74, 6) is 0.747. The Morgan fingerprint density at radius 1 is 1.04 bits per heavy atom. The van der Waals surface area contributed by atoms with Gasteiger partial charge in [0.25, 0.3) is 5.56 Å². The van der Waals surface area contributed by atoms with Crippen LogP contribution in [0.25, 0.3) is 22.6 Å². The van der Waals surface area contributed by atoms with E-state index in [1.165, 1.54) is 17.9 Å². The van der Waals surface area contributed by atoms with Gasteiger partial charge in [0.2, 0.25) is 11.8 Å². The molecule has 1 atom stereocenters. The zero-order chi connectivity index (χ0) is 18.4. The van der Waals surface area contributed by atoms with E-state index in [0.29, 0.717) is 22.9 Å². The summed E-state index contributed by atoms with van der Waals surface area (Å²) in [5, 5.41) is 8.18. The predicted molar refractivity (Wildman–Crippen MR) is 93.8 cm³/mol. The lowest BCUT2D eigenvalue weighted by Gasteiger charge is -2.10. The van der Waals surface area contributed by atoms with Crippen molar-refractivity contribution in [3.8, 4) is 11.5 Å². The first-order valence-electron chi connectivity index (χ1n) is 8.00. The van der Waals surface area contributed by atoms with Crippen molar-refractivity contribution in [2.75, 3.05) is 0 Å². The first-order chi connectivity index (χ1) is 12.5. The molecule has 0 amide bonds. The largest absolute Gasteiger partial charge is 0.418 e. The summed E-state index contributed by atoms with van der Waals surface area (Å²) in [6.45, 7) is 1.83. The highest BCUT2D eigenvalue weighted by atomic mass is 16.4. The van der Waals surface area contributed by atoms with Gasteiger partial charge in [0.15, 0.2) is 11.2 Å². The predicted octanol–water partition coefficient (Wildman–Crippen LogP) is 1.09. The number of fused-ring (bicyclic) bond motifs is 1. The Balaban J connectivity index is 1.83. The van der Waals surface area contributed by atoms with Gasteiger partial charge in [0.1, 0.15) is 6.04 Å². The van der Waals surface area contributed by atoms with Crippen LogP contribution >= 0.6 is 0 Å². The third-order valence-corrected chi connectivity index (χ3v) is 4.41. The minimum Gasteiger partial charge on any atom is -0.418 e. The Labute approximate surface area is 147 Å². The minimum absolute atomic E-state index is 0.307. The lowest BCUT2D eigenvalue weighted by atomic mass is 10.2. The fourth-order valence-electron chi connectivity index (χ4n) is 2.88. The van der Waals surface area contributed by atoms with Gasteiger partial charge in [0, 0.05) is 19.7 Å². The summed E-state index contributed by atoms with van der Waals surface area (Å²) in [5.41, 5.74) is 0.585. The highest BCUT2D eigenvalue weighted by molar-refractivity contribution is 5.70. The number of aromatic nitrogens is 6. The number of aryl methyl sites for hydroxylation is 1. The third kappa shape index (κ3) is 2.28. The van der Waals surface area contributed by atoms with Crippen LogP contribution in [0.4, 0.5) is 0 Å². The maximum Gasteiger partial charge on any atom is 0.332 e. The minimum atomic E-state index is -0.426. The third-order valence-electron chi connectivity index (χ3n) is 4.41. The second kappa shape index (κ2) is 5.80. The average Bonchev–Trinajstić information content (AvgIpc) is 3.32. The molecule has 0 saturated heterocycles. The van der Waals surface area contributed by atoms with Crippen LogP contribution < -0.4 is 11.2 Å². The van der Waals surface area contributed by atoms with Crippen molar-refractivity contribution in [1.82, 2.24) is 28.9 Å². The molecule has 26 heavy (non-hydrogen) atoms. The molecule has 0 spiro atoms. The van der Waals surface area contributed by atoms with Crippen LogP contribution in [0.1, 0.15) is 18.9 Å². The van der Waals surface area contributed by atoms with Gasteiger partial charge >= 0.3 is 5.69 Å². The van der Waals surface area contributed by atoms with Crippen molar-refractivity contribution >= 4 is 11.2 Å². The van der Waals surface area contributed by atoms with E-state index in [4.69, 9.17) is 4.42 Å². The van der Waals surface area contributed by atoms with Crippen molar-refractivity contribution in [2.45, 2.75) is 13.0 Å². The van der Waals surface area contributed by atoms with Gasteiger partial charge in [-0.25, -0.2) is 9.78 Å². The molecule has 0 fully saturated rings. The molecule has 0 unspecified atom stereocenters. The second-order valence-corrected chi connectivity index (χ2v) is 6.02. The van der Waals surface area contributed by atoms with E-state index in [2.05, 4.69) is 15.2 Å². The number of nitrogens with zero attached hydrogens (tertiary/aromatic N) is 6. The van der Waals surface area contributed by atoms with Gasteiger partial charge in [-0.2, -0.15) is 0 Å². The molecular weight excluding hydrogens is 336 g/mol. The molecule has 0 aliphatic carbocycles. The molecule has 3 heterocycles. The maximum atomic E-state index is 12.6. The molecule has 3 aromatic heterocycles. The zero-order valence-electron chi connectivity index (χ0n) is 14.4. The molecule has 0 aliphatic heterocycles. The smallest absolute Gasteiger partial charge is 0.332 e. The first-order valence-corrected chi connectivity index (χ1v) is 8.00. The van der Waals surface area contributed by atoms with Crippen LogP contribution in [0.3, 0.4) is 0 Å². The Hall–Kier alpha value is -3.49. The van der Waals surface area contributed by atoms with Gasteiger partial charge in [0.05, 0.1) is 6.33 Å². The second-order valence-electron chi connectivity index (χ2n) is 6.02. The summed E-state index contributed by atoms with van der Waals surface area (Å²) < 4.78 is 9.81. The van der Waals surface area contributed by atoms with Crippen LogP contribution in [0.2, 0.25) is 0 Å². The summed E-state index contributed by atoms with van der Waals surface area (Å²) >= 11 is 0. The van der Waals surface area contributed by atoms with E-state index >= 15 is 0 Å². The molecule has 4 rings (SSSR count). The quantitative estimate of drug-likeness (QED) is 0.547. The van der Waals surface area contributed by atoms with Gasteiger partial charge in [-0.05, 0) is 19.1 Å². The highest BCUT2D eigenvalue weighted by Gasteiger charge is 2.22. The lowest BCUT2D eigenvalue weighted by Crippen LogP contribution is -2.37. The van der Waals surface area contributed by atoms with E-state index in [1.807, 2.05) is 37.3 Å². The van der Waals surface area contributed by atoms with Crippen LogP contribution in [0.5, 0.6) is 0 Å². The van der Waals surface area contributed by atoms with Gasteiger partial charge in [-0.15, -0.1) is 10.2 Å². The molecule has 9 nitrogen and oxygen atoms in total. The van der Waals surface area contributed by atoms with E-state index < -0.39 is 17.3 Å². The molecule has 0 aliphatic rings. The topological polar surface area (TPSA) is 101 Å². The summed E-state index contributed by atoms with van der Waals surface area (Å²) in [7, 11) is 3.01. The van der Waals surface area contributed by atoms with Crippen molar-refractivity contribution in [2.24, 2.45) is 14.1 Å². The maximum absolute atomic E-state index is 12.6. The van der Waals surface area contributed by atoms with E-state index in [-0.39, 0.29) is 0 Å². The van der Waals surface area contributed by atoms with Gasteiger partial charge in [-0.1, -0.05) is 18.2 Å². The summed E-state index contributed by atoms with van der Waals surface area (Å²) in [6.07, 6.45) is 1.50. The van der Waals surface area contributed by atoms with E-state index in [1.54, 1.807) is 11.6 Å². The van der Waals surface area contributed by atoms with Gasteiger partial charge < -0.3 is 8.98 Å². The summed E-state index contributed by atoms with van der Waals surface area (Å²) in [6, 6.07) is 9.00. The van der Waals surface area contributed by atoms with Crippen molar-refractivity contribution < 1.29 is 4.42 Å². The van der Waals surface area contributed by atoms with Crippen LogP contribution in [-0.2, 0) is 14.1 Å². The molecule has 0 radical (unpaired) electrons. The van der Waals surface area contributed by atoms with Crippen LogP contribution in [-0.4, -0.2) is 28.9 Å². The molecule has 9 heteroatoms. The zero-order valence-corrected chi connectivity index (χ0v) is 14.4. The van der Waals surface area contributed by atoms with Crippen molar-refractivity contribution in [1.29, 1.82) is 0 Å². The molecule has 0 saturated carbocycles. The van der Waals surface area contributed by atoms with E-state index in [0.717, 1.165) is 10.1 Å². The van der Waals surface area contributed by atoms with E-state index in [9.17, 15) is 9.59 Å². The van der Waals surface area contributed by atoms with Crippen molar-refractivity contribution in [3.63, 3.8) is 0 Å². The number of imidazole rings is 1. The fraction of sp³-hybridized carbons (Fsp3) is 0.235. The first kappa shape index (κ1) is 16.0. The summed E-state index contributed by atoms with van der Waals surface area (Å²) in [4.78, 5) is 28.8. The SMILES string of the molecule is C[C@@H](c1nnc(-c2ccccc2)o1)n1cnc2c1c(=O)n(C)c(=O)n2C. The Morgan fingerprint density at radius 2 is 1.77 bits per heavy atom. The lowest BCUT2D eigenvalue weighted by molar-refractivity contribution is 0.442. The number of hydrogen-bond acceptors (Lipinski definition) is 6. The van der Waals surface area contributed by atoms with Crippen LogP contribution in [0.15, 0.2) is 50.7 Å². The average molecular weight is 352 g/mol.